The van der Waals surface area contributed by atoms with Crippen LogP contribution in [0.15, 0.2) is 54.6 Å². The van der Waals surface area contributed by atoms with E-state index in [4.69, 9.17) is 0 Å². The van der Waals surface area contributed by atoms with Gasteiger partial charge in [0.15, 0.2) is 11.6 Å². The van der Waals surface area contributed by atoms with Gasteiger partial charge >= 0.3 is 0 Å². The van der Waals surface area contributed by atoms with Gasteiger partial charge in [-0.2, -0.15) is 0 Å². The van der Waals surface area contributed by atoms with E-state index in [0.717, 1.165) is 87.3 Å². The van der Waals surface area contributed by atoms with E-state index < -0.39 is 11.6 Å². The van der Waals surface area contributed by atoms with Gasteiger partial charge in [0.05, 0.1) is 0 Å². The molecular formula is C33H39F3. The monoisotopic (exact) mass is 492 g/mol. The summed E-state index contributed by atoms with van der Waals surface area (Å²) in [5, 5.41) is 0. The summed E-state index contributed by atoms with van der Waals surface area (Å²) < 4.78 is 44.6. The van der Waals surface area contributed by atoms with E-state index in [-0.39, 0.29) is 11.7 Å². The summed E-state index contributed by atoms with van der Waals surface area (Å²) in [5.41, 5.74) is 4.65. The Balaban J connectivity index is 1.33. The minimum atomic E-state index is -0.734. The summed E-state index contributed by atoms with van der Waals surface area (Å²) in [7, 11) is 0. The summed E-state index contributed by atoms with van der Waals surface area (Å²) in [4.78, 5) is 0. The fourth-order valence-corrected chi connectivity index (χ4v) is 5.69. The van der Waals surface area contributed by atoms with Gasteiger partial charge < -0.3 is 0 Å². The first-order valence-corrected chi connectivity index (χ1v) is 13.8. The first-order chi connectivity index (χ1) is 17.5. The zero-order chi connectivity index (χ0) is 25.5. The van der Waals surface area contributed by atoms with E-state index in [2.05, 4.69) is 19.9 Å². The van der Waals surface area contributed by atoms with Gasteiger partial charge in [-0.25, -0.2) is 13.2 Å². The number of benzene rings is 3. The van der Waals surface area contributed by atoms with Crippen LogP contribution in [0.3, 0.4) is 0 Å². The van der Waals surface area contributed by atoms with Crippen LogP contribution in [0.2, 0.25) is 0 Å². The maximum Gasteiger partial charge on any atom is 0.166 e. The van der Waals surface area contributed by atoms with Crippen LogP contribution >= 0.6 is 0 Å². The Bertz CT molecular complexity index is 1120. The summed E-state index contributed by atoms with van der Waals surface area (Å²) in [5.74, 6) is -0.887. The molecule has 192 valence electrons. The van der Waals surface area contributed by atoms with Crippen molar-refractivity contribution in [2.75, 3.05) is 0 Å². The van der Waals surface area contributed by atoms with Gasteiger partial charge in [0.1, 0.15) is 5.82 Å². The Labute approximate surface area is 215 Å². The van der Waals surface area contributed by atoms with Crippen molar-refractivity contribution in [3.63, 3.8) is 0 Å². The fourth-order valence-electron chi connectivity index (χ4n) is 5.69. The average molecular weight is 493 g/mol. The lowest BCUT2D eigenvalue weighted by atomic mass is 9.76. The Kier molecular flexibility index (Phi) is 9.29. The molecule has 1 aliphatic carbocycles. The van der Waals surface area contributed by atoms with Crippen molar-refractivity contribution < 1.29 is 13.2 Å². The lowest BCUT2D eigenvalue weighted by Gasteiger charge is -2.29. The fraction of sp³-hybridized carbons (Fsp3) is 0.455. The number of rotatable bonds is 10. The van der Waals surface area contributed by atoms with Crippen LogP contribution in [0.25, 0.3) is 11.1 Å². The zero-order valence-corrected chi connectivity index (χ0v) is 21.8. The third kappa shape index (κ3) is 6.41. The summed E-state index contributed by atoms with van der Waals surface area (Å²) >= 11 is 0. The minimum Gasteiger partial charge on any atom is -0.207 e. The SMILES string of the molecule is CCCCc1ccc(CCC2CCC(c3ccc(-c4ccc(CCC)cc4)c(F)c3F)CC2)cc1F. The number of halogens is 3. The van der Waals surface area contributed by atoms with Crippen molar-refractivity contribution >= 4 is 0 Å². The molecule has 0 aromatic heterocycles. The van der Waals surface area contributed by atoms with E-state index in [9.17, 15) is 4.39 Å². The quantitative estimate of drug-likeness (QED) is 0.264. The normalized spacial score (nSPS) is 17.9. The van der Waals surface area contributed by atoms with Crippen molar-refractivity contribution in [3.8, 4) is 11.1 Å². The third-order valence-electron chi connectivity index (χ3n) is 7.96. The van der Waals surface area contributed by atoms with Gasteiger partial charge in [0.2, 0.25) is 0 Å². The molecule has 0 nitrogen and oxygen atoms in total. The molecule has 0 amide bonds. The van der Waals surface area contributed by atoms with Crippen LogP contribution in [0.1, 0.15) is 93.4 Å². The molecule has 1 saturated carbocycles. The summed E-state index contributed by atoms with van der Waals surface area (Å²) in [6, 6.07) is 17.0. The van der Waals surface area contributed by atoms with Crippen LogP contribution < -0.4 is 0 Å². The number of unbranched alkanes of at least 4 members (excludes halogenated alkanes) is 1. The van der Waals surface area contributed by atoms with Gasteiger partial charge in [0.25, 0.3) is 0 Å². The van der Waals surface area contributed by atoms with E-state index in [1.807, 2.05) is 30.3 Å². The van der Waals surface area contributed by atoms with E-state index in [1.165, 1.54) is 5.56 Å². The first-order valence-electron chi connectivity index (χ1n) is 13.8. The second-order valence-corrected chi connectivity index (χ2v) is 10.6. The maximum atomic E-state index is 15.1. The smallest absolute Gasteiger partial charge is 0.166 e. The molecule has 0 aliphatic heterocycles. The molecular weight excluding hydrogens is 453 g/mol. The highest BCUT2D eigenvalue weighted by atomic mass is 19.2. The van der Waals surface area contributed by atoms with Gasteiger partial charge in [-0.05, 0) is 104 Å². The highest BCUT2D eigenvalue weighted by molar-refractivity contribution is 5.65. The Morgan fingerprint density at radius 2 is 1.42 bits per heavy atom. The zero-order valence-electron chi connectivity index (χ0n) is 21.8. The molecule has 36 heavy (non-hydrogen) atoms. The van der Waals surface area contributed by atoms with Crippen molar-refractivity contribution in [1.82, 2.24) is 0 Å². The Morgan fingerprint density at radius 1 is 0.694 bits per heavy atom. The van der Waals surface area contributed by atoms with Gasteiger partial charge in [0, 0.05) is 5.56 Å². The molecule has 0 heterocycles. The average Bonchev–Trinajstić information content (AvgIpc) is 2.90. The van der Waals surface area contributed by atoms with Gasteiger partial charge in [-0.3, -0.25) is 0 Å². The van der Waals surface area contributed by atoms with E-state index in [0.29, 0.717) is 17.0 Å². The molecule has 3 aromatic carbocycles. The molecule has 1 aliphatic rings. The maximum absolute atomic E-state index is 15.1. The third-order valence-corrected chi connectivity index (χ3v) is 7.96. The molecule has 3 heteroatoms. The van der Waals surface area contributed by atoms with Crippen LogP contribution in [0.4, 0.5) is 13.2 Å². The highest BCUT2D eigenvalue weighted by Gasteiger charge is 2.26. The van der Waals surface area contributed by atoms with Crippen molar-refractivity contribution in [2.24, 2.45) is 5.92 Å². The molecule has 3 aromatic rings. The summed E-state index contributed by atoms with van der Waals surface area (Å²) in [6.07, 6.45) is 10.6. The van der Waals surface area contributed by atoms with E-state index >= 15 is 8.78 Å². The second kappa shape index (κ2) is 12.6. The van der Waals surface area contributed by atoms with Crippen molar-refractivity contribution in [1.29, 1.82) is 0 Å². The largest absolute Gasteiger partial charge is 0.207 e. The number of hydrogen-bond acceptors (Lipinski definition) is 0. The predicted molar refractivity (Wildman–Crippen MR) is 144 cm³/mol. The number of hydrogen-bond donors (Lipinski definition) is 0. The molecule has 4 rings (SSSR count). The molecule has 0 unspecified atom stereocenters. The van der Waals surface area contributed by atoms with Crippen molar-refractivity contribution in [3.05, 3.63) is 94.3 Å². The summed E-state index contributed by atoms with van der Waals surface area (Å²) in [6.45, 7) is 4.25. The molecule has 1 fully saturated rings. The van der Waals surface area contributed by atoms with Crippen molar-refractivity contribution in [2.45, 2.75) is 90.4 Å². The van der Waals surface area contributed by atoms with Gasteiger partial charge in [-0.1, -0.05) is 75.2 Å². The predicted octanol–water partition coefficient (Wildman–Crippen LogP) is 9.97. The lowest BCUT2D eigenvalue weighted by molar-refractivity contribution is 0.305. The van der Waals surface area contributed by atoms with E-state index in [1.54, 1.807) is 18.2 Å². The molecule has 0 saturated heterocycles. The molecule has 0 spiro atoms. The molecule has 0 bridgehead atoms. The highest BCUT2D eigenvalue weighted by Crippen LogP contribution is 2.40. The molecule has 0 atom stereocenters. The van der Waals surface area contributed by atoms with Crippen LogP contribution in [0, 0.1) is 23.4 Å². The Hall–Kier alpha value is -2.55. The standard InChI is InChI=1S/C33H39F3/c1-3-5-7-28-19-14-25(22-31(28)34)9-8-24-12-17-27(18-13-24)30-21-20-29(32(35)33(30)36)26-15-10-23(6-4-2)11-16-26/h10-11,14-16,19-22,24,27H,3-9,12-13,17-18H2,1-2H3. The Morgan fingerprint density at radius 3 is 2.08 bits per heavy atom. The van der Waals surface area contributed by atoms with Gasteiger partial charge in [-0.15, -0.1) is 0 Å². The van der Waals surface area contributed by atoms with Crippen LogP contribution in [0.5, 0.6) is 0 Å². The molecule has 0 radical (unpaired) electrons. The van der Waals surface area contributed by atoms with Crippen LogP contribution in [-0.4, -0.2) is 0 Å². The lowest BCUT2D eigenvalue weighted by Crippen LogP contribution is -2.15. The first kappa shape index (κ1) is 26.5. The topological polar surface area (TPSA) is 0 Å². The minimum absolute atomic E-state index is 0.0621. The molecule has 0 N–H and O–H groups in total. The van der Waals surface area contributed by atoms with Crippen LogP contribution in [-0.2, 0) is 19.3 Å². The second-order valence-electron chi connectivity index (χ2n) is 10.6. The number of aryl methyl sites for hydroxylation is 3.